The highest BCUT2D eigenvalue weighted by molar-refractivity contribution is 5.78. The Bertz CT molecular complexity index is 828. The molecule has 2 aromatic carbocycles. The molecule has 0 bridgehead atoms. The predicted octanol–water partition coefficient (Wildman–Crippen LogP) is 3.38. The second kappa shape index (κ2) is 8.24. The number of likely N-dealkylation sites (tertiary alicyclic amines) is 1. The molecule has 144 valence electrons. The lowest BCUT2D eigenvalue weighted by atomic mass is 9.97. The summed E-state index contributed by atoms with van der Waals surface area (Å²) in [5.41, 5.74) is 0.984. The first-order valence-corrected chi connectivity index (χ1v) is 8.60. The number of carbonyl (C=O) groups is 1. The maximum Gasteiger partial charge on any atom is 0.260 e. The van der Waals surface area contributed by atoms with Gasteiger partial charge in [0.25, 0.3) is 5.91 Å². The van der Waals surface area contributed by atoms with Crippen LogP contribution in [0.5, 0.6) is 17.2 Å². The highest BCUT2D eigenvalue weighted by atomic mass is 19.1. The molecule has 1 aliphatic rings. The number of halogens is 2. The largest absolute Gasteiger partial charge is 0.493 e. The van der Waals surface area contributed by atoms with E-state index >= 15 is 0 Å². The number of hydrogen-bond donors (Lipinski definition) is 0. The van der Waals surface area contributed by atoms with E-state index in [0.717, 1.165) is 24.1 Å². The van der Waals surface area contributed by atoms with Gasteiger partial charge in [0, 0.05) is 30.6 Å². The van der Waals surface area contributed by atoms with E-state index in [-0.39, 0.29) is 24.2 Å². The van der Waals surface area contributed by atoms with Crippen molar-refractivity contribution in [3.8, 4) is 17.2 Å². The number of benzene rings is 2. The summed E-state index contributed by atoms with van der Waals surface area (Å²) in [7, 11) is 3.17. The van der Waals surface area contributed by atoms with E-state index in [1.807, 2.05) is 18.2 Å². The summed E-state index contributed by atoms with van der Waals surface area (Å²) in [6.45, 7) is 0.779. The van der Waals surface area contributed by atoms with Crippen molar-refractivity contribution < 1.29 is 27.8 Å². The molecule has 0 unspecified atom stereocenters. The van der Waals surface area contributed by atoms with Gasteiger partial charge in [-0.05, 0) is 24.6 Å². The monoisotopic (exact) mass is 377 g/mol. The van der Waals surface area contributed by atoms with Gasteiger partial charge in [-0.2, -0.15) is 0 Å². The second-order valence-electron chi connectivity index (χ2n) is 6.27. The van der Waals surface area contributed by atoms with Crippen LogP contribution < -0.4 is 14.2 Å². The minimum absolute atomic E-state index is 0.113. The molecule has 27 heavy (non-hydrogen) atoms. The van der Waals surface area contributed by atoms with Crippen LogP contribution in [0.3, 0.4) is 0 Å². The molecule has 0 spiro atoms. The number of ether oxygens (including phenoxy) is 3. The van der Waals surface area contributed by atoms with Crippen LogP contribution in [0.4, 0.5) is 8.78 Å². The Labute approximate surface area is 156 Å². The van der Waals surface area contributed by atoms with Crippen LogP contribution in [-0.2, 0) is 4.79 Å². The highest BCUT2D eigenvalue weighted by Gasteiger charge is 2.30. The topological polar surface area (TPSA) is 48.0 Å². The fraction of sp³-hybridized carbons (Fsp3) is 0.350. The third kappa shape index (κ3) is 4.13. The van der Waals surface area contributed by atoms with Crippen LogP contribution in [-0.4, -0.2) is 44.7 Å². The molecule has 1 heterocycles. The Morgan fingerprint density at radius 3 is 2.67 bits per heavy atom. The molecule has 0 aromatic heterocycles. The van der Waals surface area contributed by atoms with Gasteiger partial charge in [0.05, 0.1) is 14.2 Å². The van der Waals surface area contributed by atoms with Gasteiger partial charge in [-0.15, -0.1) is 0 Å². The van der Waals surface area contributed by atoms with Gasteiger partial charge in [-0.25, -0.2) is 8.78 Å². The summed E-state index contributed by atoms with van der Waals surface area (Å²) in [5, 5.41) is 0. The maximum absolute atomic E-state index is 13.6. The summed E-state index contributed by atoms with van der Waals surface area (Å²) in [6.07, 6.45) is 0.778. The Morgan fingerprint density at radius 1 is 1.15 bits per heavy atom. The zero-order valence-electron chi connectivity index (χ0n) is 15.2. The maximum atomic E-state index is 13.6. The van der Waals surface area contributed by atoms with Gasteiger partial charge in [0.15, 0.2) is 29.7 Å². The van der Waals surface area contributed by atoms with Crippen molar-refractivity contribution in [3.63, 3.8) is 0 Å². The smallest absolute Gasteiger partial charge is 0.260 e. The minimum Gasteiger partial charge on any atom is -0.493 e. The molecule has 0 aliphatic carbocycles. The molecular formula is C20H21F2NO4. The van der Waals surface area contributed by atoms with E-state index in [0.29, 0.717) is 24.6 Å². The van der Waals surface area contributed by atoms with Gasteiger partial charge < -0.3 is 19.1 Å². The average Bonchev–Trinajstić information content (AvgIpc) is 3.16. The molecule has 0 saturated carbocycles. The van der Waals surface area contributed by atoms with Crippen LogP contribution in [0.25, 0.3) is 0 Å². The summed E-state index contributed by atoms with van der Waals surface area (Å²) in [4.78, 5) is 14.1. The Morgan fingerprint density at radius 2 is 1.96 bits per heavy atom. The Balaban J connectivity index is 1.63. The lowest BCUT2D eigenvalue weighted by Crippen LogP contribution is -2.33. The van der Waals surface area contributed by atoms with Crippen LogP contribution in [0.1, 0.15) is 17.9 Å². The molecule has 1 saturated heterocycles. The third-order valence-corrected chi connectivity index (χ3v) is 4.66. The van der Waals surface area contributed by atoms with Gasteiger partial charge in [-0.3, -0.25) is 4.79 Å². The van der Waals surface area contributed by atoms with Crippen LogP contribution in [0.15, 0.2) is 36.4 Å². The van der Waals surface area contributed by atoms with Crippen molar-refractivity contribution in [1.82, 2.24) is 4.90 Å². The molecule has 1 aliphatic heterocycles. The van der Waals surface area contributed by atoms with E-state index < -0.39 is 11.6 Å². The molecule has 5 nitrogen and oxygen atoms in total. The predicted molar refractivity (Wildman–Crippen MR) is 95.3 cm³/mol. The van der Waals surface area contributed by atoms with Crippen molar-refractivity contribution in [1.29, 1.82) is 0 Å². The number of amides is 1. The summed E-state index contributed by atoms with van der Waals surface area (Å²) < 4.78 is 42.5. The summed E-state index contributed by atoms with van der Waals surface area (Å²) in [5.74, 6) is -0.484. The van der Waals surface area contributed by atoms with E-state index in [4.69, 9.17) is 14.2 Å². The zero-order chi connectivity index (χ0) is 19.4. The van der Waals surface area contributed by atoms with E-state index in [2.05, 4.69) is 0 Å². The van der Waals surface area contributed by atoms with E-state index in [1.54, 1.807) is 19.1 Å². The second-order valence-corrected chi connectivity index (χ2v) is 6.27. The first kappa shape index (κ1) is 18.9. The molecule has 7 heteroatoms. The first-order valence-electron chi connectivity index (χ1n) is 8.60. The molecule has 1 amide bonds. The fourth-order valence-corrected chi connectivity index (χ4v) is 3.30. The molecule has 1 fully saturated rings. The number of methoxy groups -OCH3 is 2. The number of carbonyl (C=O) groups excluding carboxylic acids is 1. The fourth-order valence-electron chi connectivity index (χ4n) is 3.30. The van der Waals surface area contributed by atoms with E-state index in [9.17, 15) is 13.6 Å². The SMILES string of the molecule is COc1cccc([C@@H]2CCN(C(=O)COc3ccc(F)cc3F)C2)c1OC. The number of hydrogen-bond acceptors (Lipinski definition) is 4. The molecular weight excluding hydrogens is 356 g/mol. The lowest BCUT2D eigenvalue weighted by Gasteiger charge is -2.19. The lowest BCUT2D eigenvalue weighted by molar-refractivity contribution is -0.132. The highest BCUT2D eigenvalue weighted by Crippen LogP contribution is 2.39. The van der Waals surface area contributed by atoms with Gasteiger partial charge in [0.1, 0.15) is 5.82 Å². The standard InChI is InChI=1S/C20H21F2NO4/c1-25-18-5-3-4-15(20(18)26-2)13-8-9-23(11-13)19(24)12-27-17-7-6-14(21)10-16(17)22/h3-7,10,13H,8-9,11-12H2,1-2H3/t13-/m1/s1. The third-order valence-electron chi connectivity index (χ3n) is 4.66. The molecule has 0 N–H and O–H groups in total. The first-order chi connectivity index (χ1) is 13.0. The average molecular weight is 377 g/mol. The normalized spacial score (nSPS) is 16.3. The van der Waals surface area contributed by atoms with Crippen molar-refractivity contribution >= 4 is 5.91 Å². The van der Waals surface area contributed by atoms with Gasteiger partial charge in [-0.1, -0.05) is 12.1 Å². The van der Waals surface area contributed by atoms with Crippen molar-refractivity contribution in [2.24, 2.45) is 0 Å². The van der Waals surface area contributed by atoms with Crippen LogP contribution in [0, 0.1) is 11.6 Å². The molecule has 1 atom stereocenters. The number of para-hydroxylation sites is 1. The number of rotatable bonds is 6. The van der Waals surface area contributed by atoms with Crippen LogP contribution >= 0.6 is 0 Å². The summed E-state index contributed by atoms with van der Waals surface area (Å²) >= 11 is 0. The molecule has 0 radical (unpaired) electrons. The summed E-state index contributed by atoms with van der Waals surface area (Å²) in [6, 6.07) is 8.66. The van der Waals surface area contributed by atoms with Gasteiger partial charge >= 0.3 is 0 Å². The van der Waals surface area contributed by atoms with Crippen LogP contribution in [0.2, 0.25) is 0 Å². The molecule has 2 aromatic rings. The minimum atomic E-state index is -0.830. The Hall–Kier alpha value is -2.83. The molecule has 3 rings (SSSR count). The Kier molecular flexibility index (Phi) is 5.78. The van der Waals surface area contributed by atoms with Crippen molar-refractivity contribution in [2.45, 2.75) is 12.3 Å². The quantitative estimate of drug-likeness (QED) is 0.774. The zero-order valence-corrected chi connectivity index (χ0v) is 15.2. The number of nitrogens with zero attached hydrogens (tertiary/aromatic N) is 1. The van der Waals surface area contributed by atoms with E-state index in [1.165, 1.54) is 6.07 Å². The van der Waals surface area contributed by atoms with Gasteiger partial charge in [0.2, 0.25) is 0 Å². The van der Waals surface area contributed by atoms with Crippen molar-refractivity contribution in [3.05, 3.63) is 53.6 Å². The van der Waals surface area contributed by atoms with Crippen molar-refractivity contribution in [2.75, 3.05) is 33.9 Å².